The Morgan fingerprint density at radius 1 is 1.73 bits per heavy atom. The third kappa shape index (κ3) is 1.97. The van der Waals surface area contributed by atoms with Crippen molar-refractivity contribution in [2.45, 2.75) is 12.2 Å². The van der Waals surface area contributed by atoms with Crippen LogP contribution < -0.4 is 0 Å². The van der Waals surface area contributed by atoms with Gasteiger partial charge in [-0.2, -0.15) is 0 Å². The van der Waals surface area contributed by atoms with Crippen molar-refractivity contribution in [3.05, 3.63) is 24.1 Å². The third-order valence-corrected chi connectivity index (χ3v) is 2.67. The fraction of sp³-hybridized carbons (Fsp3) is 0.429. The molecule has 3 atom stereocenters. The summed E-state index contributed by atoms with van der Waals surface area (Å²) >= 11 is -1.90. The van der Waals surface area contributed by atoms with Crippen LogP contribution in [0.4, 0.5) is 4.39 Å². The summed E-state index contributed by atoms with van der Waals surface area (Å²) in [7, 11) is 0. The number of hydrogen-bond donors (Lipinski definition) is 1. The maximum atomic E-state index is 12.5. The molecule has 0 aromatic rings. The zero-order valence-electron chi connectivity index (χ0n) is 6.03. The zero-order valence-corrected chi connectivity index (χ0v) is 6.84. The van der Waals surface area contributed by atoms with Crippen molar-refractivity contribution in [1.29, 1.82) is 0 Å². The predicted octanol–water partition coefficient (Wildman–Crippen LogP) is 1.64. The highest BCUT2D eigenvalue weighted by molar-refractivity contribution is 7.80. The van der Waals surface area contributed by atoms with E-state index in [0.717, 1.165) is 0 Å². The molecule has 1 aliphatic rings. The van der Waals surface area contributed by atoms with Crippen LogP contribution in [0.2, 0.25) is 0 Å². The Morgan fingerprint density at radius 2 is 2.36 bits per heavy atom. The molecule has 0 fully saturated rings. The minimum Gasteiger partial charge on any atom is -0.306 e. The molecule has 3 unspecified atom stereocenters. The molecular weight excluding hydrogens is 167 g/mol. The van der Waals surface area contributed by atoms with Gasteiger partial charge in [0.2, 0.25) is 0 Å². The van der Waals surface area contributed by atoms with Crippen LogP contribution in [0.25, 0.3) is 0 Å². The minimum absolute atomic E-state index is 0.203. The summed E-state index contributed by atoms with van der Waals surface area (Å²) in [5.41, 5.74) is 0. The number of allylic oxidation sites excluding steroid dienone is 3. The molecule has 0 aromatic carbocycles. The number of hydrogen-bond acceptors (Lipinski definition) is 1. The monoisotopic (exact) mass is 176 g/mol. The van der Waals surface area contributed by atoms with Crippen molar-refractivity contribution in [1.82, 2.24) is 0 Å². The van der Waals surface area contributed by atoms with Crippen LogP contribution >= 0.6 is 0 Å². The van der Waals surface area contributed by atoms with E-state index in [4.69, 9.17) is 4.55 Å². The van der Waals surface area contributed by atoms with Crippen molar-refractivity contribution in [2.75, 3.05) is 0 Å². The molecule has 1 N–H and O–H groups in total. The van der Waals surface area contributed by atoms with Crippen LogP contribution in [0, 0.1) is 5.92 Å². The second-order valence-electron chi connectivity index (χ2n) is 2.51. The fourth-order valence-corrected chi connectivity index (χ4v) is 1.67. The largest absolute Gasteiger partial charge is 0.306 e. The van der Waals surface area contributed by atoms with Crippen molar-refractivity contribution < 1.29 is 13.2 Å². The average molecular weight is 176 g/mol. The maximum absolute atomic E-state index is 12.5. The summed E-state index contributed by atoms with van der Waals surface area (Å²) < 4.78 is 31.7. The molecule has 2 nitrogen and oxygen atoms in total. The minimum atomic E-state index is -1.90. The van der Waals surface area contributed by atoms with Gasteiger partial charge >= 0.3 is 0 Å². The van der Waals surface area contributed by atoms with Gasteiger partial charge in [-0.1, -0.05) is 13.0 Å². The summed E-state index contributed by atoms with van der Waals surface area (Å²) in [6, 6.07) is 0. The van der Waals surface area contributed by atoms with E-state index in [1.807, 2.05) is 0 Å². The van der Waals surface area contributed by atoms with Crippen LogP contribution in [0.1, 0.15) is 6.92 Å². The van der Waals surface area contributed by atoms with Gasteiger partial charge in [-0.05, 0) is 18.1 Å². The van der Waals surface area contributed by atoms with Crippen LogP contribution in [0.5, 0.6) is 0 Å². The summed E-state index contributed by atoms with van der Waals surface area (Å²) in [4.78, 5) is 0. The summed E-state index contributed by atoms with van der Waals surface area (Å²) in [5.74, 6) is -0.537. The Hall–Kier alpha value is -0.480. The first kappa shape index (κ1) is 8.62. The highest BCUT2D eigenvalue weighted by atomic mass is 32.2. The first-order valence-corrected chi connectivity index (χ1v) is 4.43. The molecule has 1 aliphatic carbocycles. The molecule has 62 valence electrons. The Labute approximate surface area is 67.1 Å². The van der Waals surface area contributed by atoms with E-state index < -0.39 is 16.3 Å². The molecule has 11 heavy (non-hydrogen) atoms. The predicted molar refractivity (Wildman–Crippen MR) is 42.1 cm³/mol. The first-order chi connectivity index (χ1) is 5.11. The SMILES string of the molecule is CC1C=C(F)C=CC1S(=O)O. The van der Waals surface area contributed by atoms with Gasteiger partial charge in [0.15, 0.2) is 11.1 Å². The van der Waals surface area contributed by atoms with E-state index >= 15 is 0 Å². The van der Waals surface area contributed by atoms with Gasteiger partial charge in [0.1, 0.15) is 5.83 Å². The molecule has 0 saturated carbocycles. The maximum Gasteiger partial charge on any atom is 0.160 e. The van der Waals surface area contributed by atoms with Crippen LogP contribution in [0.15, 0.2) is 24.1 Å². The van der Waals surface area contributed by atoms with Crippen LogP contribution in [-0.2, 0) is 11.1 Å². The van der Waals surface area contributed by atoms with Crippen LogP contribution in [-0.4, -0.2) is 14.0 Å². The second-order valence-corrected chi connectivity index (χ2v) is 3.61. The van der Waals surface area contributed by atoms with E-state index in [2.05, 4.69) is 0 Å². The highest BCUT2D eigenvalue weighted by Crippen LogP contribution is 2.20. The smallest absolute Gasteiger partial charge is 0.160 e. The average Bonchev–Trinajstić information content (AvgIpc) is 1.85. The lowest BCUT2D eigenvalue weighted by Crippen LogP contribution is -2.21. The van der Waals surface area contributed by atoms with Gasteiger partial charge in [0.25, 0.3) is 0 Å². The quantitative estimate of drug-likeness (QED) is 0.616. The van der Waals surface area contributed by atoms with Gasteiger partial charge in [0.05, 0.1) is 5.25 Å². The van der Waals surface area contributed by atoms with Gasteiger partial charge < -0.3 is 4.55 Å². The molecule has 0 bridgehead atoms. The number of halogens is 1. The summed E-state index contributed by atoms with van der Waals surface area (Å²) in [6.07, 6.45) is 3.99. The molecule has 1 rings (SSSR count). The molecule has 0 spiro atoms. The third-order valence-electron chi connectivity index (χ3n) is 1.62. The van der Waals surface area contributed by atoms with E-state index in [0.29, 0.717) is 0 Å². The Bertz CT molecular complexity index is 235. The summed E-state index contributed by atoms with van der Waals surface area (Å²) in [5, 5.41) is -0.463. The molecule has 0 saturated heterocycles. The molecule has 0 aromatic heterocycles. The second kappa shape index (κ2) is 3.28. The highest BCUT2D eigenvalue weighted by Gasteiger charge is 2.21. The normalized spacial score (nSPS) is 33.2. The first-order valence-electron chi connectivity index (χ1n) is 3.26. The van der Waals surface area contributed by atoms with Gasteiger partial charge in [-0.25, -0.2) is 8.60 Å². The van der Waals surface area contributed by atoms with E-state index in [1.165, 1.54) is 18.2 Å². The number of rotatable bonds is 1. The molecular formula is C7H9FO2S. The molecule has 0 amide bonds. The standard InChI is InChI=1S/C7H9FO2S/c1-5-4-6(8)2-3-7(5)11(9)10/h2-5,7H,1H3,(H,9,10). The topological polar surface area (TPSA) is 37.3 Å². The summed E-state index contributed by atoms with van der Waals surface area (Å²) in [6.45, 7) is 1.71. The Morgan fingerprint density at radius 3 is 2.82 bits per heavy atom. The van der Waals surface area contributed by atoms with E-state index in [-0.39, 0.29) is 11.7 Å². The van der Waals surface area contributed by atoms with Crippen LogP contribution in [0.3, 0.4) is 0 Å². The van der Waals surface area contributed by atoms with Crippen molar-refractivity contribution >= 4 is 11.1 Å². The lowest BCUT2D eigenvalue weighted by atomic mass is 10.0. The lowest BCUT2D eigenvalue weighted by Gasteiger charge is -2.16. The van der Waals surface area contributed by atoms with Gasteiger partial charge in [-0.15, -0.1) is 0 Å². The van der Waals surface area contributed by atoms with Crippen molar-refractivity contribution in [2.24, 2.45) is 5.92 Å². The molecule has 0 radical (unpaired) electrons. The molecule has 0 heterocycles. The fourth-order valence-electron chi connectivity index (χ4n) is 1.01. The Kier molecular flexibility index (Phi) is 2.57. The molecule has 4 heteroatoms. The van der Waals surface area contributed by atoms with E-state index in [1.54, 1.807) is 6.92 Å². The zero-order chi connectivity index (χ0) is 8.43. The van der Waals surface area contributed by atoms with Crippen molar-refractivity contribution in [3.8, 4) is 0 Å². The van der Waals surface area contributed by atoms with Gasteiger partial charge in [0, 0.05) is 0 Å². The van der Waals surface area contributed by atoms with Crippen molar-refractivity contribution in [3.63, 3.8) is 0 Å². The lowest BCUT2D eigenvalue weighted by molar-refractivity contribution is 0.535. The molecule has 0 aliphatic heterocycles. The Balaban J connectivity index is 2.77. The van der Waals surface area contributed by atoms with Gasteiger partial charge in [-0.3, -0.25) is 0 Å². The van der Waals surface area contributed by atoms with E-state index in [9.17, 15) is 8.60 Å².